The number of urea groups is 1. The van der Waals surface area contributed by atoms with E-state index in [0.29, 0.717) is 18.2 Å². The number of nitrogens with zero attached hydrogens (tertiary/aromatic N) is 3. The van der Waals surface area contributed by atoms with Crippen molar-refractivity contribution in [3.8, 4) is 0 Å². The maximum absolute atomic E-state index is 11.7. The second-order valence-electron chi connectivity index (χ2n) is 5.77. The lowest BCUT2D eigenvalue weighted by Crippen LogP contribution is -2.46. The van der Waals surface area contributed by atoms with E-state index in [1.165, 1.54) is 0 Å². The van der Waals surface area contributed by atoms with E-state index in [1.807, 2.05) is 11.0 Å². The van der Waals surface area contributed by atoms with Crippen LogP contribution in [0.15, 0.2) is 18.3 Å². The summed E-state index contributed by atoms with van der Waals surface area (Å²) in [6.07, 6.45) is 3.44. The molecule has 124 valence electrons. The van der Waals surface area contributed by atoms with E-state index in [9.17, 15) is 9.59 Å². The van der Waals surface area contributed by atoms with Crippen LogP contribution < -0.4 is 10.2 Å². The monoisotopic (exact) mass is 318 g/mol. The first-order valence-corrected chi connectivity index (χ1v) is 8.11. The number of ether oxygens (including phenoxy) is 1. The van der Waals surface area contributed by atoms with Gasteiger partial charge in [0.25, 0.3) is 0 Å². The topological polar surface area (TPSA) is 74.8 Å². The Hall–Kier alpha value is -2.31. The van der Waals surface area contributed by atoms with Crippen molar-refractivity contribution in [1.29, 1.82) is 0 Å². The molecule has 2 fully saturated rings. The van der Waals surface area contributed by atoms with Crippen molar-refractivity contribution in [2.24, 2.45) is 0 Å². The maximum Gasteiger partial charge on any atom is 0.339 e. The lowest BCUT2D eigenvalue weighted by atomic mass is 10.0. The van der Waals surface area contributed by atoms with Gasteiger partial charge in [0.15, 0.2) is 0 Å². The third kappa shape index (κ3) is 3.38. The molecule has 0 aromatic carbocycles. The van der Waals surface area contributed by atoms with Crippen LogP contribution in [0.2, 0.25) is 0 Å². The molecule has 3 heterocycles. The van der Waals surface area contributed by atoms with Gasteiger partial charge in [-0.1, -0.05) is 0 Å². The van der Waals surface area contributed by atoms with Gasteiger partial charge < -0.3 is 19.9 Å². The zero-order chi connectivity index (χ0) is 16.2. The molecular weight excluding hydrogens is 296 g/mol. The predicted molar refractivity (Wildman–Crippen MR) is 85.5 cm³/mol. The molecule has 23 heavy (non-hydrogen) atoms. The van der Waals surface area contributed by atoms with Crippen molar-refractivity contribution in [3.63, 3.8) is 0 Å². The second-order valence-corrected chi connectivity index (χ2v) is 5.77. The van der Waals surface area contributed by atoms with E-state index in [4.69, 9.17) is 4.74 Å². The lowest BCUT2D eigenvalue weighted by molar-refractivity contribution is 0.0526. The van der Waals surface area contributed by atoms with E-state index in [2.05, 4.69) is 15.2 Å². The first kappa shape index (κ1) is 15.6. The summed E-state index contributed by atoms with van der Waals surface area (Å²) >= 11 is 0. The van der Waals surface area contributed by atoms with Crippen LogP contribution in [0.4, 0.5) is 10.6 Å². The molecule has 7 nitrogen and oxygen atoms in total. The average Bonchev–Trinajstić information content (AvgIpc) is 3.01. The van der Waals surface area contributed by atoms with E-state index >= 15 is 0 Å². The van der Waals surface area contributed by atoms with Crippen molar-refractivity contribution >= 4 is 17.8 Å². The normalized spacial score (nSPS) is 18.9. The van der Waals surface area contributed by atoms with Gasteiger partial charge in [-0.25, -0.2) is 14.6 Å². The first-order valence-electron chi connectivity index (χ1n) is 8.11. The van der Waals surface area contributed by atoms with E-state index in [1.54, 1.807) is 19.2 Å². The molecule has 2 aliphatic heterocycles. The SMILES string of the molecule is CCOC(=O)c1ccc(N2CCC(N3CCNC3=O)CC2)nc1. The molecular formula is C16H22N4O3. The fraction of sp³-hybridized carbons (Fsp3) is 0.562. The molecule has 0 spiro atoms. The summed E-state index contributed by atoms with van der Waals surface area (Å²) in [4.78, 5) is 31.9. The van der Waals surface area contributed by atoms with E-state index in [0.717, 1.165) is 44.8 Å². The largest absolute Gasteiger partial charge is 0.462 e. The number of pyridine rings is 1. The minimum atomic E-state index is -0.342. The fourth-order valence-corrected chi connectivity index (χ4v) is 3.15. The molecule has 0 aliphatic carbocycles. The highest BCUT2D eigenvalue weighted by atomic mass is 16.5. The van der Waals surface area contributed by atoms with Crippen molar-refractivity contribution in [1.82, 2.24) is 15.2 Å². The van der Waals surface area contributed by atoms with Crippen LogP contribution in [0.25, 0.3) is 0 Å². The molecule has 0 atom stereocenters. The number of carbonyl (C=O) groups excluding carboxylic acids is 2. The predicted octanol–water partition coefficient (Wildman–Crippen LogP) is 1.25. The third-order valence-corrected chi connectivity index (χ3v) is 4.38. The minimum absolute atomic E-state index is 0.0559. The molecule has 2 saturated heterocycles. The van der Waals surface area contributed by atoms with Crippen molar-refractivity contribution in [3.05, 3.63) is 23.9 Å². The number of esters is 1. The minimum Gasteiger partial charge on any atom is -0.462 e. The standard InChI is InChI=1S/C16H22N4O3/c1-2-23-15(21)12-3-4-14(18-11-12)19-8-5-13(6-9-19)20-10-7-17-16(20)22/h3-4,11,13H,2,5-10H2,1H3,(H,17,22). The van der Waals surface area contributed by atoms with Gasteiger partial charge in [0.1, 0.15) is 5.82 Å². The van der Waals surface area contributed by atoms with E-state index < -0.39 is 0 Å². The average molecular weight is 318 g/mol. The highest BCUT2D eigenvalue weighted by Crippen LogP contribution is 2.22. The van der Waals surface area contributed by atoms with Crippen molar-refractivity contribution in [2.45, 2.75) is 25.8 Å². The summed E-state index contributed by atoms with van der Waals surface area (Å²) in [7, 11) is 0. The first-order chi connectivity index (χ1) is 11.2. The number of nitrogens with one attached hydrogen (secondary N) is 1. The van der Waals surface area contributed by atoms with Gasteiger partial charge in [-0.15, -0.1) is 0 Å². The molecule has 0 unspecified atom stereocenters. The highest BCUT2D eigenvalue weighted by Gasteiger charge is 2.30. The molecule has 2 aliphatic rings. The van der Waals surface area contributed by atoms with Crippen molar-refractivity contribution < 1.29 is 14.3 Å². The van der Waals surface area contributed by atoms with Gasteiger partial charge in [-0.05, 0) is 31.9 Å². The van der Waals surface area contributed by atoms with Crippen LogP contribution in [0, 0.1) is 0 Å². The van der Waals surface area contributed by atoms with Gasteiger partial charge in [-0.2, -0.15) is 0 Å². The highest BCUT2D eigenvalue weighted by molar-refractivity contribution is 5.89. The Balaban J connectivity index is 1.57. The molecule has 1 N–H and O–H groups in total. The molecule has 0 bridgehead atoms. The number of aromatic nitrogens is 1. The molecule has 0 radical (unpaired) electrons. The summed E-state index contributed by atoms with van der Waals surface area (Å²) in [5.41, 5.74) is 0.472. The smallest absolute Gasteiger partial charge is 0.339 e. The van der Waals surface area contributed by atoms with Gasteiger partial charge in [0.05, 0.1) is 12.2 Å². The van der Waals surface area contributed by atoms with Crippen molar-refractivity contribution in [2.75, 3.05) is 37.7 Å². The summed E-state index contributed by atoms with van der Waals surface area (Å²) in [6.45, 7) is 5.41. The summed E-state index contributed by atoms with van der Waals surface area (Å²) in [5.74, 6) is 0.521. The zero-order valence-electron chi connectivity index (χ0n) is 13.3. The Kier molecular flexibility index (Phi) is 4.64. The number of hydrogen-bond acceptors (Lipinski definition) is 5. The van der Waals surface area contributed by atoms with Gasteiger partial charge >= 0.3 is 12.0 Å². The van der Waals surface area contributed by atoms with Crippen LogP contribution in [-0.4, -0.2) is 60.7 Å². The molecule has 1 aromatic rings. The molecule has 3 rings (SSSR count). The second kappa shape index (κ2) is 6.85. The van der Waals surface area contributed by atoms with E-state index in [-0.39, 0.29) is 12.0 Å². The fourth-order valence-electron chi connectivity index (χ4n) is 3.15. The lowest BCUT2D eigenvalue weighted by Gasteiger charge is -2.36. The summed E-state index contributed by atoms with van der Waals surface area (Å²) in [6, 6.07) is 3.98. The summed E-state index contributed by atoms with van der Waals surface area (Å²) < 4.78 is 4.96. The van der Waals surface area contributed by atoms with Crippen LogP contribution in [0.5, 0.6) is 0 Å². The van der Waals surface area contributed by atoms with Crippen LogP contribution in [-0.2, 0) is 4.74 Å². The van der Waals surface area contributed by atoms with Crippen LogP contribution in [0.3, 0.4) is 0 Å². The summed E-state index contributed by atoms with van der Waals surface area (Å²) in [5, 5.41) is 2.85. The number of anilines is 1. The van der Waals surface area contributed by atoms with Crippen LogP contribution in [0.1, 0.15) is 30.1 Å². The van der Waals surface area contributed by atoms with Gasteiger partial charge in [0, 0.05) is 38.4 Å². The number of rotatable bonds is 4. The van der Waals surface area contributed by atoms with Gasteiger partial charge in [0.2, 0.25) is 0 Å². The van der Waals surface area contributed by atoms with Crippen LogP contribution >= 0.6 is 0 Å². The Bertz CT molecular complexity index is 567. The molecule has 0 saturated carbocycles. The Morgan fingerprint density at radius 3 is 2.70 bits per heavy atom. The Labute approximate surface area is 135 Å². The quantitative estimate of drug-likeness (QED) is 0.846. The van der Waals surface area contributed by atoms with Gasteiger partial charge in [-0.3, -0.25) is 0 Å². The third-order valence-electron chi connectivity index (χ3n) is 4.38. The number of hydrogen-bond donors (Lipinski definition) is 1. The number of piperidine rings is 1. The Morgan fingerprint density at radius 2 is 2.13 bits per heavy atom. The number of amides is 2. The molecule has 7 heteroatoms. The Morgan fingerprint density at radius 1 is 1.35 bits per heavy atom. The molecule has 1 aromatic heterocycles. The maximum atomic E-state index is 11.7. The zero-order valence-corrected chi connectivity index (χ0v) is 13.3. The molecule has 2 amide bonds. The number of carbonyl (C=O) groups is 2.